The molecular formula is C11H17NO5. The number of hydrogen-bond donors (Lipinski definition) is 2. The fourth-order valence-electron chi connectivity index (χ4n) is 1.10. The minimum atomic E-state index is -0.685. The second-order valence-corrected chi connectivity index (χ2v) is 4.04. The number of carbonyl (C=O) groups excluding carboxylic acids is 1. The van der Waals surface area contributed by atoms with Crippen LogP contribution in [0.15, 0.2) is 12.1 Å². The van der Waals surface area contributed by atoms with E-state index < -0.39 is 5.97 Å². The lowest BCUT2D eigenvalue weighted by Crippen LogP contribution is -2.23. The monoisotopic (exact) mass is 243 g/mol. The maximum Gasteiger partial charge on any atom is 0.358 e. The van der Waals surface area contributed by atoms with Crippen LogP contribution in [-0.2, 0) is 9.53 Å². The highest BCUT2D eigenvalue weighted by Crippen LogP contribution is 2.18. The van der Waals surface area contributed by atoms with E-state index in [4.69, 9.17) is 4.74 Å². The molecular weight excluding hydrogens is 226 g/mol. The minimum Gasteiger partial charge on any atom is -0.492 e. The normalized spacial score (nSPS) is 10.8. The highest BCUT2D eigenvalue weighted by atomic mass is 16.7. The standard InChI is InChI=1S/C11H17NO5/c1-8(2)5-6-16-7-11(15)17-12-9(13)3-4-10(12)14/h3-4,8,13-14H,5-7H2,1-2H3. The number of aromatic hydroxyl groups is 2. The van der Waals surface area contributed by atoms with Crippen molar-refractivity contribution in [2.24, 2.45) is 5.92 Å². The van der Waals surface area contributed by atoms with E-state index in [2.05, 4.69) is 18.7 Å². The lowest BCUT2D eigenvalue weighted by atomic mass is 10.1. The van der Waals surface area contributed by atoms with E-state index in [0.717, 1.165) is 6.42 Å². The molecule has 0 aliphatic heterocycles. The third-order valence-electron chi connectivity index (χ3n) is 2.05. The molecule has 0 saturated heterocycles. The van der Waals surface area contributed by atoms with Gasteiger partial charge in [0.15, 0.2) is 0 Å². The second kappa shape index (κ2) is 6.15. The molecule has 6 heteroatoms. The molecule has 6 nitrogen and oxygen atoms in total. The first kappa shape index (κ1) is 13.4. The summed E-state index contributed by atoms with van der Waals surface area (Å²) < 4.78 is 5.72. The van der Waals surface area contributed by atoms with Crippen LogP contribution in [0.4, 0.5) is 0 Å². The third-order valence-corrected chi connectivity index (χ3v) is 2.05. The SMILES string of the molecule is CC(C)CCOCC(=O)On1c(O)ccc1O. The zero-order valence-corrected chi connectivity index (χ0v) is 9.92. The zero-order chi connectivity index (χ0) is 12.8. The van der Waals surface area contributed by atoms with Crippen molar-refractivity contribution in [3.05, 3.63) is 12.1 Å². The number of aromatic nitrogens is 1. The van der Waals surface area contributed by atoms with Crippen molar-refractivity contribution in [1.82, 2.24) is 4.73 Å². The lowest BCUT2D eigenvalue weighted by molar-refractivity contribution is -0.150. The summed E-state index contributed by atoms with van der Waals surface area (Å²) >= 11 is 0. The van der Waals surface area contributed by atoms with Gasteiger partial charge in [-0.25, -0.2) is 4.79 Å². The molecule has 17 heavy (non-hydrogen) atoms. The van der Waals surface area contributed by atoms with Gasteiger partial charge in [0.1, 0.15) is 6.61 Å². The van der Waals surface area contributed by atoms with E-state index in [0.29, 0.717) is 17.3 Å². The van der Waals surface area contributed by atoms with Crippen LogP contribution in [0.5, 0.6) is 11.8 Å². The Morgan fingerprint density at radius 1 is 1.35 bits per heavy atom. The van der Waals surface area contributed by atoms with Crippen LogP contribution >= 0.6 is 0 Å². The molecule has 0 aliphatic carbocycles. The van der Waals surface area contributed by atoms with Crippen molar-refractivity contribution >= 4 is 5.97 Å². The van der Waals surface area contributed by atoms with Crippen molar-refractivity contribution in [2.45, 2.75) is 20.3 Å². The van der Waals surface area contributed by atoms with Crippen LogP contribution in [-0.4, -0.2) is 34.1 Å². The van der Waals surface area contributed by atoms with Crippen molar-refractivity contribution in [1.29, 1.82) is 0 Å². The number of nitrogens with zero attached hydrogens (tertiary/aromatic N) is 1. The molecule has 0 bridgehead atoms. The Bertz CT molecular complexity index is 352. The molecule has 1 aromatic heterocycles. The Morgan fingerprint density at radius 2 is 1.94 bits per heavy atom. The van der Waals surface area contributed by atoms with E-state index in [-0.39, 0.29) is 18.4 Å². The maximum atomic E-state index is 11.3. The number of ether oxygens (including phenoxy) is 1. The molecule has 0 aromatic carbocycles. The molecule has 0 fully saturated rings. The number of rotatable bonds is 6. The molecule has 0 radical (unpaired) electrons. The smallest absolute Gasteiger partial charge is 0.358 e. The van der Waals surface area contributed by atoms with Crippen molar-refractivity contribution < 1.29 is 24.6 Å². The fraction of sp³-hybridized carbons (Fsp3) is 0.545. The highest BCUT2D eigenvalue weighted by Gasteiger charge is 2.12. The van der Waals surface area contributed by atoms with Crippen LogP contribution in [0.1, 0.15) is 20.3 Å². The van der Waals surface area contributed by atoms with Gasteiger partial charge in [0.25, 0.3) is 0 Å². The van der Waals surface area contributed by atoms with Gasteiger partial charge in [0.05, 0.1) is 0 Å². The minimum absolute atomic E-state index is 0.218. The van der Waals surface area contributed by atoms with Gasteiger partial charge in [0, 0.05) is 18.7 Å². The van der Waals surface area contributed by atoms with Crippen molar-refractivity contribution in [3.63, 3.8) is 0 Å². The van der Waals surface area contributed by atoms with Gasteiger partial charge >= 0.3 is 5.97 Å². The highest BCUT2D eigenvalue weighted by molar-refractivity contribution is 5.71. The molecule has 96 valence electrons. The summed E-state index contributed by atoms with van der Waals surface area (Å²) in [6, 6.07) is 2.42. The number of carbonyl (C=O) groups is 1. The molecule has 0 saturated carbocycles. The van der Waals surface area contributed by atoms with Crippen LogP contribution in [0, 0.1) is 5.92 Å². The molecule has 0 amide bonds. The number of hydrogen-bond acceptors (Lipinski definition) is 5. The van der Waals surface area contributed by atoms with Gasteiger partial charge in [-0.1, -0.05) is 13.8 Å². The third kappa shape index (κ3) is 4.36. The molecule has 1 heterocycles. The maximum absolute atomic E-state index is 11.3. The van der Waals surface area contributed by atoms with E-state index >= 15 is 0 Å². The molecule has 0 unspecified atom stereocenters. The Hall–Kier alpha value is -1.69. The predicted molar refractivity (Wildman–Crippen MR) is 59.6 cm³/mol. The molecule has 1 aromatic rings. The summed E-state index contributed by atoms with van der Waals surface area (Å²) in [6.07, 6.45) is 0.854. The Balaban J connectivity index is 2.30. The predicted octanol–water partition coefficient (Wildman–Crippen LogP) is 0.917. The van der Waals surface area contributed by atoms with Crippen LogP contribution in [0.25, 0.3) is 0 Å². The zero-order valence-electron chi connectivity index (χ0n) is 9.92. The van der Waals surface area contributed by atoms with E-state index in [1.54, 1.807) is 0 Å². The fourth-order valence-corrected chi connectivity index (χ4v) is 1.10. The molecule has 1 rings (SSSR count). The summed E-state index contributed by atoms with van der Waals surface area (Å²) in [5.74, 6) is -0.879. The quantitative estimate of drug-likeness (QED) is 0.726. The Kier molecular flexibility index (Phi) is 4.84. The first-order chi connectivity index (χ1) is 8.00. The summed E-state index contributed by atoms with van der Waals surface area (Å²) in [5.41, 5.74) is 0. The van der Waals surface area contributed by atoms with Crippen LogP contribution in [0.3, 0.4) is 0 Å². The van der Waals surface area contributed by atoms with Crippen molar-refractivity contribution in [3.8, 4) is 11.8 Å². The average Bonchev–Trinajstić information content (AvgIpc) is 2.56. The average molecular weight is 243 g/mol. The van der Waals surface area contributed by atoms with E-state index in [9.17, 15) is 15.0 Å². The molecule has 0 aliphatic rings. The Morgan fingerprint density at radius 3 is 2.47 bits per heavy atom. The van der Waals surface area contributed by atoms with Crippen LogP contribution < -0.4 is 4.84 Å². The van der Waals surface area contributed by atoms with E-state index in [1.165, 1.54) is 12.1 Å². The largest absolute Gasteiger partial charge is 0.492 e. The lowest BCUT2D eigenvalue weighted by Gasteiger charge is -2.08. The van der Waals surface area contributed by atoms with E-state index in [1.807, 2.05) is 0 Å². The first-order valence-corrected chi connectivity index (χ1v) is 5.39. The van der Waals surface area contributed by atoms with Gasteiger partial charge in [0.2, 0.25) is 11.8 Å². The van der Waals surface area contributed by atoms with Gasteiger partial charge in [-0.3, -0.25) is 0 Å². The van der Waals surface area contributed by atoms with Gasteiger partial charge in [-0.05, 0) is 12.3 Å². The van der Waals surface area contributed by atoms with Crippen molar-refractivity contribution in [2.75, 3.05) is 13.2 Å². The Labute approximate surface area is 99.3 Å². The summed E-state index contributed by atoms with van der Waals surface area (Å²) in [7, 11) is 0. The molecule has 0 atom stereocenters. The van der Waals surface area contributed by atoms with Gasteiger partial charge < -0.3 is 19.8 Å². The van der Waals surface area contributed by atoms with Gasteiger partial charge in [-0.15, -0.1) is 4.73 Å². The second-order valence-electron chi connectivity index (χ2n) is 4.04. The van der Waals surface area contributed by atoms with Gasteiger partial charge in [-0.2, -0.15) is 0 Å². The summed E-state index contributed by atoms with van der Waals surface area (Å²) in [6.45, 7) is 4.36. The summed E-state index contributed by atoms with van der Waals surface area (Å²) in [4.78, 5) is 15.9. The van der Waals surface area contributed by atoms with Crippen LogP contribution in [0.2, 0.25) is 0 Å². The first-order valence-electron chi connectivity index (χ1n) is 5.39. The topological polar surface area (TPSA) is 80.9 Å². The molecule has 0 spiro atoms. The summed E-state index contributed by atoms with van der Waals surface area (Å²) in [5, 5.41) is 18.4. The molecule has 2 N–H and O–H groups in total.